The normalized spacial score (nSPS) is 9.92. The molecule has 2 nitrogen and oxygen atoms in total. The SMILES string of the molecule is Cc1cc(C(N)=O)c(Cl)cc1Br. The largest absolute Gasteiger partial charge is 0.366 e. The maximum atomic E-state index is 10.8. The molecule has 12 heavy (non-hydrogen) atoms. The fourth-order valence-corrected chi connectivity index (χ4v) is 1.58. The first kappa shape index (κ1) is 9.55. The number of carbonyl (C=O) groups excluding carboxylic acids is 1. The van der Waals surface area contributed by atoms with Crippen LogP contribution in [0.15, 0.2) is 16.6 Å². The van der Waals surface area contributed by atoms with Gasteiger partial charge in [-0.05, 0) is 24.6 Å². The molecule has 2 N–H and O–H groups in total. The van der Waals surface area contributed by atoms with Gasteiger partial charge < -0.3 is 5.73 Å². The molecule has 1 aromatic carbocycles. The molecule has 0 fully saturated rings. The zero-order valence-electron chi connectivity index (χ0n) is 6.40. The number of hydrogen-bond donors (Lipinski definition) is 1. The van der Waals surface area contributed by atoms with Crippen molar-refractivity contribution in [3.63, 3.8) is 0 Å². The van der Waals surface area contributed by atoms with E-state index in [-0.39, 0.29) is 0 Å². The van der Waals surface area contributed by atoms with Crippen molar-refractivity contribution in [2.75, 3.05) is 0 Å². The van der Waals surface area contributed by atoms with Crippen LogP contribution in [0.25, 0.3) is 0 Å². The van der Waals surface area contributed by atoms with Crippen molar-refractivity contribution in [3.05, 3.63) is 32.8 Å². The van der Waals surface area contributed by atoms with Gasteiger partial charge >= 0.3 is 0 Å². The van der Waals surface area contributed by atoms with Crippen molar-refractivity contribution in [1.29, 1.82) is 0 Å². The highest BCUT2D eigenvalue weighted by atomic mass is 79.9. The Labute approximate surface area is 83.8 Å². The Morgan fingerprint density at radius 3 is 2.67 bits per heavy atom. The topological polar surface area (TPSA) is 43.1 Å². The van der Waals surface area contributed by atoms with Gasteiger partial charge in [-0.15, -0.1) is 0 Å². The fourth-order valence-electron chi connectivity index (χ4n) is 0.846. The molecule has 1 rings (SSSR count). The fraction of sp³-hybridized carbons (Fsp3) is 0.125. The van der Waals surface area contributed by atoms with Gasteiger partial charge in [-0.2, -0.15) is 0 Å². The van der Waals surface area contributed by atoms with Gasteiger partial charge in [0.15, 0.2) is 0 Å². The molecule has 0 unspecified atom stereocenters. The summed E-state index contributed by atoms with van der Waals surface area (Å²) in [6.45, 7) is 1.87. The van der Waals surface area contributed by atoms with Gasteiger partial charge in [0, 0.05) is 4.47 Å². The van der Waals surface area contributed by atoms with Crippen LogP contribution in [0.4, 0.5) is 0 Å². The Balaban J connectivity index is 3.33. The number of nitrogens with two attached hydrogens (primary N) is 1. The van der Waals surface area contributed by atoms with Crippen LogP contribution in [0, 0.1) is 6.92 Å². The maximum Gasteiger partial charge on any atom is 0.250 e. The van der Waals surface area contributed by atoms with E-state index in [0.717, 1.165) is 10.0 Å². The Hall–Kier alpha value is -0.540. The molecule has 4 heteroatoms. The lowest BCUT2D eigenvalue weighted by atomic mass is 10.1. The van der Waals surface area contributed by atoms with Crippen LogP contribution in [0.2, 0.25) is 5.02 Å². The molecule has 0 saturated carbocycles. The quantitative estimate of drug-likeness (QED) is 0.815. The molecule has 1 aromatic rings. The molecule has 0 radical (unpaired) electrons. The third-order valence-electron chi connectivity index (χ3n) is 1.51. The highest BCUT2D eigenvalue weighted by molar-refractivity contribution is 9.10. The van der Waals surface area contributed by atoms with E-state index in [1.165, 1.54) is 0 Å². The molecule has 0 spiro atoms. The summed E-state index contributed by atoms with van der Waals surface area (Å²) in [7, 11) is 0. The molecule has 0 heterocycles. The maximum absolute atomic E-state index is 10.8. The minimum atomic E-state index is -0.504. The predicted molar refractivity (Wildman–Crippen MR) is 52.4 cm³/mol. The molecule has 0 aliphatic heterocycles. The van der Waals surface area contributed by atoms with Crippen LogP contribution < -0.4 is 5.73 Å². The number of benzene rings is 1. The lowest BCUT2D eigenvalue weighted by Crippen LogP contribution is -2.11. The van der Waals surface area contributed by atoms with Gasteiger partial charge in [-0.25, -0.2) is 0 Å². The van der Waals surface area contributed by atoms with Crippen LogP contribution in [0.1, 0.15) is 15.9 Å². The van der Waals surface area contributed by atoms with Crippen LogP contribution in [-0.2, 0) is 0 Å². The number of aryl methyl sites for hydroxylation is 1. The highest BCUT2D eigenvalue weighted by Crippen LogP contribution is 2.24. The minimum Gasteiger partial charge on any atom is -0.366 e. The molecule has 64 valence electrons. The van der Waals surface area contributed by atoms with Crippen LogP contribution in [-0.4, -0.2) is 5.91 Å². The zero-order chi connectivity index (χ0) is 9.30. The first-order chi connectivity index (χ1) is 5.52. The number of rotatable bonds is 1. The number of hydrogen-bond acceptors (Lipinski definition) is 1. The van der Waals surface area contributed by atoms with E-state index in [9.17, 15) is 4.79 Å². The average molecular weight is 249 g/mol. The Kier molecular flexibility index (Phi) is 2.75. The minimum absolute atomic E-state index is 0.359. The number of carbonyl (C=O) groups is 1. The lowest BCUT2D eigenvalue weighted by Gasteiger charge is -2.03. The van der Waals surface area contributed by atoms with E-state index in [4.69, 9.17) is 17.3 Å². The zero-order valence-corrected chi connectivity index (χ0v) is 8.74. The predicted octanol–water partition coefficient (Wildman–Crippen LogP) is 2.51. The number of halogens is 2. The molecule has 0 atom stereocenters. The van der Waals surface area contributed by atoms with Gasteiger partial charge in [-0.1, -0.05) is 27.5 Å². The van der Waals surface area contributed by atoms with Crippen molar-refractivity contribution in [2.45, 2.75) is 6.92 Å². The summed E-state index contributed by atoms with van der Waals surface area (Å²) < 4.78 is 0.873. The van der Waals surface area contributed by atoms with E-state index in [1.54, 1.807) is 12.1 Å². The first-order valence-corrected chi connectivity index (χ1v) is 4.45. The number of primary amides is 1. The molecule has 0 saturated heterocycles. The smallest absolute Gasteiger partial charge is 0.250 e. The number of amides is 1. The van der Waals surface area contributed by atoms with Crippen molar-refractivity contribution in [2.24, 2.45) is 5.73 Å². The second kappa shape index (κ2) is 3.46. The highest BCUT2D eigenvalue weighted by Gasteiger charge is 2.08. The monoisotopic (exact) mass is 247 g/mol. The summed E-state index contributed by atoms with van der Waals surface area (Å²) in [5.74, 6) is -0.504. The van der Waals surface area contributed by atoms with Gasteiger partial charge in [0.05, 0.1) is 10.6 Å². The summed E-state index contributed by atoms with van der Waals surface area (Å²) in [5.41, 5.74) is 6.39. The summed E-state index contributed by atoms with van der Waals surface area (Å²) in [5, 5.41) is 0.375. The molecular weight excluding hydrogens is 241 g/mol. The van der Waals surface area contributed by atoms with Crippen molar-refractivity contribution in [1.82, 2.24) is 0 Å². The third-order valence-corrected chi connectivity index (χ3v) is 2.68. The van der Waals surface area contributed by atoms with E-state index >= 15 is 0 Å². The summed E-state index contributed by atoms with van der Waals surface area (Å²) in [4.78, 5) is 10.8. The summed E-state index contributed by atoms with van der Waals surface area (Å²) >= 11 is 9.06. The molecular formula is C8H7BrClNO. The van der Waals surface area contributed by atoms with Crippen LogP contribution in [0.3, 0.4) is 0 Å². The lowest BCUT2D eigenvalue weighted by molar-refractivity contribution is 0.100. The Morgan fingerprint density at radius 2 is 2.17 bits per heavy atom. The molecule has 0 aromatic heterocycles. The molecule has 0 aliphatic rings. The second-order valence-corrected chi connectivity index (χ2v) is 3.71. The van der Waals surface area contributed by atoms with E-state index in [1.807, 2.05) is 6.92 Å². The first-order valence-electron chi connectivity index (χ1n) is 3.28. The molecule has 1 amide bonds. The van der Waals surface area contributed by atoms with Gasteiger partial charge in [0.1, 0.15) is 0 Å². The van der Waals surface area contributed by atoms with Crippen LogP contribution in [0.5, 0.6) is 0 Å². The Morgan fingerprint density at radius 1 is 1.58 bits per heavy atom. The third kappa shape index (κ3) is 1.79. The van der Waals surface area contributed by atoms with Crippen molar-refractivity contribution < 1.29 is 4.79 Å². The molecule has 0 aliphatic carbocycles. The van der Waals surface area contributed by atoms with E-state index in [2.05, 4.69) is 15.9 Å². The van der Waals surface area contributed by atoms with Crippen molar-refractivity contribution in [3.8, 4) is 0 Å². The van der Waals surface area contributed by atoms with E-state index < -0.39 is 5.91 Å². The van der Waals surface area contributed by atoms with Gasteiger partial charge in [0.25, 0.3) is 0 Å². The van der Waals surface area contributed by atoms with Crippen LogP contribution >= 0.6 is 27.5 Å². The second-order valence-electron chi connectivity index (χ2n) is 2.45. The van der Waals surface area contributed by atoms with Crippen molar-refractivity contribution >= 4 is 33.4 Å². The summed E-state index contributed by atoms with van der Waals surface area (Å²) in [6.07, 6.45) is 0. The average Bonchev–Trinajstić information content (AvgIpc) is 1.96. The summed E-state index contributed by atoms with van der Waals surface area (Å²) in [6, 6.07) is 3.33. The Bertz CT molecular complexity index is 338. The van der Waals surface area contributed by atoms with Gasteiger partial charge in [0.2, 0.25) is 5.91 Å². The van der Waals surface area contributed by atoms with Gasteiger partial charge in [-0.3, -0.25) is 4.79 Å². The standard InChI is InChI=1S/C8H7BrClNO/c1-4-2-5(8(11)12)7(10)3-6(4)9/h2-3H,1H3,(H2,11,12). The van der Waals surface area contributed by atoms with E-state index in [0.29, 0.717) is 10.6 Å². The molecule has 0 bridgehead atoms.